The predicted octanol–water partition coefficient (Wildman–Crippen LogP) is 4.65. The molecule has 5 rings (SSSR count). The van der Waals surface area contributed by atoms with Gasteiger partial charge in [0.25, 0.3) is 0 Å². The fourth-order valence-corrected chi connectivity index (χ4v) is 4.95. The number of hydrogen-bond donors (Lipinski definition) is 1. The second-order valence-electron chi connectivity index (χ2n) is 8.73. The molecule has 166 valence electrons. The van der Waals surface area contributed by atoms with Crippen molar-refractivity contribution in [3.63, 3.8) is 0 Å². The first-order chi connectivity index (χ1) is 15.6. The number of para-hydroxylation sites is 1. The summed E-state index contributed by atoms with van der Waals surface area (Å²) in [6.07, 6.45) is 4.99. The first kappa shape index (κ1) is 21.1. The quantitative estimate of drug-likeness (QED) is 0.483. The van der Waals surface area contributed by atoms with E-state index in [9.17, 15) is 4.79 Å². The van der Waals surface area contributed by atoms with Crippen LogP contribution in [-0.2, 0) is 4.79 Å². The molecule has 0 atom stereocenters. The standard InChI is InChI=1S/C25H28N4O2S/c1-16-7-13-19(14-8-16)29-24(20-5-3-4-6-21(20)31-2)27-28-25(29)32-15-22(30)26-23(17-9-10-17)18-11-12-18/h3-8,13-14,17-18,23H,9-12,15H2,1-2H3,(H,26,30). The van der Waals surface area contributed by atoms with Crippen molar-refractivity contribution in [1.82, 2.24) is 20.1 Å². The third-order valence-electron chi connectivity index (χ3n) is 6.19. The van der Waals surface area contributed by atoms with Crippen LogP contribution in [0.25, 0.3) is 17.1 Å². The fraction of sp³-hybridized carbons (Fsp3) is 0.400. The monoisotopic (exact) mass is 448 g/mol. The van der Waals surface area contributed by atoms with Crippen LogP contribution in [0.3, 0.4) is 0 Å². The van der Waals surface area contributed by atoms with Gasteiger partial charge in [0.05, 0.1) is 18.4 Å². The zero-order chi connectivity index (χ0) is 22.1. The number of hydrogen-bond acceptors (Lipinski definition) is 5. The van der Waals surface area contributed by atoms with Crippen molar-refractivity contribution in [3.05, 3.63) is 54.1 Å². The predicted molar refractivity (Wildman–Crippen MR) is 126 cm³/mol. The van der Waals surface area contributed by atoms with Crippen molar-refractivity contribution >= 4 is 17.7 Å². The molecule has 2 aliphatic rings. The Kier molecular flexibility index (Phi) is 5.91. The zero-order valence-corrected chi connectivity index (χ0v) is 19.3. The van der Waals surface area contributed by atoms with Crippen LogP contribution in [-0.4, -0.2) is 39.6 Å². The summed E-state index contributed by atoms with van der Waals surface area (Å²) in [5, 5.41) is 12.9. The van der Waals surface area contributed by atoms with E-state index in [-0.39, 0.29) is 5.91 Å². The highest BCUT2D eigenvalue weighted by atomic mass is 32.2. The van der Waals surface area contributed by atoms with Crippen molar-refractivity contribution in [3.8, 4) is 22.8 Å². The normalized spacial score (nSPS) is 15.7. The largest absolute Gasteiger partial charge is 0.496 e. The van der Waals surface area contributed by atoms with Gasteiger partial charge in [-0.2, -0.15) is 0 Å². The van der Waals surface area contributed by atoms with Gasteiger partial charge in [0, 0.05) is 11.7 Å². The summed E-state index contributed by atoms with van der Waals surface area (Å²) in [7, 11) is 1.65. The summed E-state index contributed by atoms with van der Waals surface area (Å²) in [4.78, 5) is 12.8. The van der Waals surface area contributed by atoms with Crippen molar-refractivity contribution < 1.29 is 9.53 Å². The Morgan fingerprint density at radius 1 is 1.09 bits per heavy atom. The Hall–Kier alpha value is -2.80. The van der Waals surface area contributed by atoms with Crippen molar-refractivity contribution in [2.24, 2.45) is 11.8 Å². The van der Waals surface area contributed by atoms with E-state index in [1.54, 1.807) is 7.11 Å². The van der Waals surface area contributed by atoms with Crippen molar-refractivity contribution in [1.29, 1.82) is 0 Å². The summed E-state index contributed by atoms with van der Waals surface area (Å²) < 4.78 is 7.57. The Morgan fingerprint density at radius 2 is 1.78 bits per heavy atom. The molecule has 0 spiro atoms. The molecule has 0 unspecified atom stereocenters. The van der Waals surface area contributed by atoms with Crippen LogP contribution in [0.2, 0.25) is 0 Å². The molecule has 3 aromatic rings. The molecule has 32 heavy (non-hydrogen) atoms. The third-order valence-corrected chi connectivity index (χ3v) is 7.12. The lowest BCUT2D eigenvalue weighted by atomic mass is 10.1. The van der Waals surface area contributed by atoms with E-state index in [4.69, 9.17) is 4.74 Å². The molecule has 0 radical (unpaired) electrons. The molecule has 1 heterocycles. The van der Waals surface area contributed by atoms with Gasteiger partial charge in [0.15, 0.2) is 11.0 Å². The van der Waals surface area contributed by atoms with Gasteiger partial charge < -0.3 is 10.1 Å². The number of rotatable bonds is 9. The third kappa shape index (κ3) is 4.53. The SMILES string of the molecule is COc1ccccc1-c1nnc(SCC(=O)NC(C2CC2)C2CC2)n1-c1ccc(C)cc1. The van der Waals surface area contributed by atoms with E-state index in [2.05, 4.69) is 46.7 Å². The maximum atomic E-state index is 12.8. The number of aromatic nitrogens is 3. The summed E-state index contributed by atoms with van der Waals surface area (Å²) in [5.41, 5.74) is 3.00. The molecule has 7 heteroatoms. The summed E-state index contributed by atoms with van der Waals surface area (Å²) in [6, 6.07) is 16.4. The summed E-state index contributed by atoms with van der Waals surface area (Å²) in [5.74, 6) is 3.21. The van der Waals surface area contributed by atoms with Crippen molar-refractivity contribution in [2.45, 2.75) is 43.8 Å². The highest BCUT2D eigenvalue weighted by Crippen LogP contribution is 2.44. The molecule has 0 aliphatic heterocycles. The molecular weight excluding hydrogens is 420 g/mol. The van der Waals surface area contributed by atoms with Crippen molar-refractivity contribution in [2.75, 3.05) is 12.9 Å². The van der Waals surface area contributed by atoms with Gasteiger partial charge in [-0.05, 0) is 68.7 Å². The summed E-state index contributed by atoms with van der Waals surface area (Å²) >= 11 is 1.43. The molecule has 2 aliphatic carbocycles. The number of nitrogens with one attached hydrogen (secondary N) is 1. The van der Waals surface area contributed by atoms with Crippen LogP contribution in [0.1, 0.15) is 31.2 Å². The average molecular weight is 449 g/mol. The molecule has 2 aromatic carbocycles. The van der Waals surface area contributed by atoms with Gasteiger partial charge in [-0.3, -0.25) is 9.36 Å². The molecule has 1 amide bonds. The number of carbonyl (C=O) groups is 1. The van der Waals surface area contributed by atoms with Crippen LogP contribution in [0, 0.1) is 18.8 Å². The minimum atomic E-state index is 0.0797. The first-order valence-corrected chi connectivity index (χ1v) is 12.2. The fourth-order valence-electron chi connectivity index (χ4n) is 4.18. The van der Waals surface area contributed by atoms with Gasteiger partial charge in [-0.25, -0.2) is 0 Å². The number of amides is 1. The van der Waals surface area contributed by atoms with Gasteiger partial charge in [0.1, 0.15) is 5.75 Å². The number of ether oxygens (including phenoxy) is 1. The Labute approximate surface area is 192 Å². The van der Waals surface area contributed by atoms with Crippen LogP contribution >= 0.6 is 11.8 Å². The van der Waals surface area contributed by atoms with Gasteiger partial charge in [0.2, 0.25) is 5.91 Å². The molecule has 0 bridgehead atoms. The number of methoxy groups -OCH3 is 1. The highest BCUT2D eigenvalue weighted by molar-refractivity contribution is 7.99. The van der Waals surface area contributed by atoms with E-state index in [0.29, 0.717) is 34.6 Å². The number of benzene rings is 2. The highest BCUT2D eigenvalue weighted by Gasteiger charge is 2.42. The van der Waals surface area contributed by atoms with Gasteiger partial charge in [-0.1, -0.05) is 41.6 Å². The Morgan fingerprint density at radius 3 is 2.44 bits per heavy atom. The molecule has 1 aromatic heterocycles. The van der Waals surface area contributed by atoms with Gasteiger partial charge in [-0.15, -0.1) is 10.2 Å². The van der Waals surface area contributed by atoms with E-state index in [0.717, 1.165) is 17.0 Å². The molecule has 0 saturated heterocycles. The van der Waals surface area contributed by atoms with E-state index >= 15 is 0 Å². The topological polar surface area (TPSA) is 69.0 Å². The maximum Gasteiger partial charge on any atom is 0.230 e. The van der Waals surface area contributed by atoms with Crippen LogP contribution in [0.4, 0.5) is 0 Å². The molecular formula is C25H28N4O2S. The zero-order valence-electron chi connectivity index (χ0n) is 18.5. The number of carbonyl (C=O) groups excluding carboxylic acids is 1. The second-order valence-corrected chi connectivity index (χ2v) is 9.68. The van der Waals surface area contributed by atoms with Gasteiger partial charge >= 0.3 is 0 Å². The smallest absolute Gasteiger partial charge is 0.230 e. The van der Waals surface area contributed by atoms with Crippen LogP contribution < -0.4 is 10.1 Å². The Balaban J connectivity index is 1.41. The maximum absolute atomic E-state index is 12.8. The van der Waals surface area contributed by atoms with E-state index < -0.39 is 0 Å². The number of nitrogens with zero attached hydrogens (tertiary/aromatic N) is 3. The lowest BCUT2D eigenvalue weighted by Crippen LogP contribution is -2.39. The lowest BCUT2D eigenvalue weighted by molar-refractivity contribution is -0.119. The lowest BCUT2D eigenvalue weighted by Gasteiger charge is -2.17. The van der Waals surface area contributed by atoms with Crippen LogP contribution in [0.5, 0.6) is 5.75 Å². The average Bonchev–Trinajstić information content (AvgIpc) is 3.74. The van der Waals surface area contributed by atoms with E-state index in [1.165, 1.54) is 43.0 Å². The molecule has 6 nitrogen and oxygen atoms in total. The molecule has 2 saturated carbocycles. The second kappa shape index (κ2) is 8.98. The number of thioether (sulfide) groups is 1. The first-order valence-electron chi connectivity index (χ1n) is 11.2. The number of aryl methyl sites for hydroxylation is 1. The van der Waals surface area contributed by atoms with Crippen LogP contribution in [0.15, 0.2) is 53.7 Å². The minimum Gasteiger partial charge on any atom is -0.496 e. The molecule has 2 fully saturated rings. The van der Waals surface area contributed by atoms with E-state index in [1.807, 2.05) is 28.8 Å². The Bertz CT molecular complexity index is 1090. The minimum absolute atomic E-state index is 0.0797. The molecule has 1 N–H and O–H groups in total. The summed E-state index contributed by atoms with van der Waals surface area (Å²) in [6.45, 7) is 2.06.